The number of aromatic amines is 1. The minimum Gasteiger partial charge on any atom is -0.390 e. The van der Waals surface area contributed by atoms with E-state index in [0.717, 1.165) is 23.9 Å². The van der Waals surface area contributed by atoms with Gasteiger partial charge in [0.05, 0.1) is 11.7 Å². The van der Waals surface area contributed by atoms with E-state index in [1.807, 2.05) is 19.9 Å². The van der Waals surface area contributed by atoms with Crippen LogP contribution in [0.15, 0.2) is 30.5 Å². The number of likely N-dealkylation sites (N-methyl/N-ethyl adjacent to an activating group) is 1. The van der Waals surface area contributed by atoms with Gasteiger partial charge in [0.1, 0.15) is 11.5 Å². The van der Waals surface area contributed by atoms with Crippen LogP contribution in [0.25, 0.3) is 10.8 Å². The Morgan fingerprint density at radius 2 is 2.10 bits per heavy atom. The molecular formula is C22H25ClN6O2. The zero-order chi connectivity index (χ0) is 22.4. The van der Waals surface area contributed by atoms with Crippen molar-refractivity contribution in [2.75, 3.05) is 31.9 Å². The summed E-state index contributed by atoms with van der Waals surface area (Å²) in [7, 11) is 0. The second-order valence-corrected chi connectivity index (χ2v) is 7.45. The van der Waals surface area contributed by atoms with Gasteiger partial charge in [0.15, 0.2) is 5.69 Å². The van der Waals surface area contributed by atoms with Gasteiger partial charge < -0.3 is 21.1 Å². The molecule has 0 aliphatic rings. The van der Waals surface area contributed by atoms with Crippen LogP contribution in [0.1, 0.15) is 35.6 Å². The SMILES string of the molecule is CCN(CC)CC(O)CNC(=O)c1cc(C#Cc2c(N)ncc3ccc(Cl)cc23)[nH]n1. The summed E-state index contributed by atoms with van der Waals surface area (Å²) in [6.07, 6.45) is 1.01. The summed E-state index contributed by atoms with van der Waals surface area (Å²) in [5.41, 5.74) is 7.20. The number of nitrogens with zero attached hydrogens (tertiary/aromatic N) is 3. The summed E-state index contributed by atoms with van der Waals surface area (Å²) in [5.74, 6) is 5.82. The van der Waals surface area contributed by atoms with Crippen LogP contribution in [-0.2, 0) is 0 Å². The fourth-order valence-electron chi connectivity index (χ4n) is 3.11. The third-order valence-electron chi connectivity index (χ3n) is 4.88. The Balaban J connectivity index is 1.70. The molecule has 2 heterocycles. The first kappa shape index (κ1) is 22.6. The van der Waals surface area contributed by atoms with Crippen molar-refractivity contribution in [2.24, 2.45) is 0 Å². The quantitative estimate of drug-likeness (QED) is 0.417. The van der Waals surface area contributed by atoms with Crippen LogP contribution in [-0.4, -0.2) is 63.4 Å². The number of benzene rings is 1. The molecule has 3 rings (SSSR count). The molecule has 9 heteroatoms. The van der Waals surface area contributed by atoms with Gasteiger partial charge in [-0.1, -0.05) is 37.4 Å². The van der Waals surface area contributed by atoms with E-state index in [9.17, 15) is 9.90 Å². The molecule has 0 radical (unpaired) electrons. The molecule has 1 unspecified atom stereocenters. The van der Waals surface area contributed by atoms with Crippen molar-refractivity contribution in [2.45, 2.75) is 20.0 Å². The topological polar surface area (TPSA) is 120 Å². The van der Waals surface area contributed by atoms with Gasteiger partial charge in [-0.3, -0.25) is 9.89 Å². The van der Waals surface area contributed by atoms with E-state index >= 15 is 0 Å². The molecular weight excluding hydrogens is 416 g/mol. The fraction of sp³-hybridized carbons (Fsp3) is 0.318. The first-order chi connectivity index (χ1) is 14.9. The zero-order valence-electron chi connectivity index (χ0n) is 17.4. The van der Waals surface area contributed by atoms with Crippen LogP contribution in [0.4, 0.5) is 5.82 Å². The van der Waals surface area contributed by atoms with Gasteiger partial charge in [-0.2, -0.15) is 5.10 Å². The molecule has 1 aromatic carbocycles. The Labute approximate surface area is 185 Å². The van der Waals surface area contributed by atoms with Gasteiger partial charge in [-0.15, -0.1) is 0 Å². The van der Waals surface area contributed by atoms with E-state index < -0.39 is 6.10 Å². The number of nitrogen functional groups attached to an aromatic ring is 1. The third kappa shape index (κ3) is 5.73. The molecule has 0 bridgehead atoms. The Bertz CT molecular complexity index is 1120. The molecule has 1 amide bonds. The zero-order valence-corrected chi connectivity index (χ0v) is 18.2. The van der Waals surface area contributed by atoms with Crippen molar-refractivity contribution in [3.63, 3.8) is 0 Å². The van der Waals surface area contributed by atoms with E-state index in [-0.39, 0.29) is 18.1 Å². The van der Waals surface area contributed by atoms with E-state index in [1.54, 1.807) is 24.4 Å². The number of anilines is 1. The highest BCUT2D eigenvalue weighted by atomic mass is 35.5. The lowest BCUT2D eigenvalue weighted by atomic mass is 10.1. The lowest BCUT2D eigenvalue weighted by molar-refractivity contribution is 0.0865. The van der Waals surface area contributed by atoms with Crippen molar-refractivity contribution in [3.8, 4) is 11.8 Å². The predicted octanol–water partition coefficient (Wildman–Crippen LogP) is 2.03. The molecule has 5 N–H and O–H groups in total. The molecule has 0 fully saturated rings. The summed E-state index contributed by atoms with van der Waals surface area (Å²) >= 11 is 6.10. The summed E-state index contributed by atoms with van der Waals surface area (Å²) < 4.78 is 0. The van der Waals surface area contributed by atoms with Gasteiger partial charge in [-0.25, -0.2) is 4.98 Å². The van der Waals surface area contributed by atoms with E-state index in [0.29, 0.717) is 28.6 Å². The van der Waals surface area contributed by atoms with Gasteiger partial charge in [-0.05, 0) is 31.1 Å². The molecule has 0 saturated carbocycles. The average Bonchev–Trinajstić information content (AvgIpc) is 3.24. The highest BCUT2D eigenvalue weighted by Gasteiger charge is 2.14. The molecule has 31 heavy (non-hydrogen) atoms. The van der Waals surface area contributed by atoms with Crippen LogP contribution >= 0.6 is 11.6 Å². The number of nitrogens with two attached hydrogens (primary N) is 1. The first-order valence-corrected chi connectivity index (χ1v) is 10.4. The molecule has 0 aliphatic heterocycles. The second-order valence-electron chi connectivity index (χ2n) is 7.02. The van der Waals surface area contributed by atoms with Crippen LogP contribution in [0.3, 0.4) is 0 Å². The fourth-order valence-corrected chi connectivity index (χ4v) is 3.28. The standard InChI is InChI=1S/C22H25ClN6O2/c1-3-29(4-2)13-17(30)12-26-22(31)20-10-16(27-28-20)7-8-18-19-9-15(23)6-5-14(19)11-25-21(18)24/h5-6,9-11,17,30H,3-4,12-13H2,1-2H3,(H2,24,25)(H,26,31)(H,27,28). The maximum absolute atomic E-state index is 12.3. The number of fused-ring (bicyclic) bond motifs is 1. The maximum Gasteiger partial charge on any atom is 0.271 e. The number of aliphatic hydroxyl groups is 1. The second kappa shape index (κ2) is 10.3. The number of nitrogens with one attached hydrogen (secondary N) is 2. The van der Waals surface area contributed by atoms with Crippen molar-refractivity contribution < 1.29 is 9.90 Å². The van der Waals surface area contributed by atoms with Crippen LogP contribution in [0, 0.1) is 11.8 Å². The number of halogens is 1. The summed E-state index contributed by atoms with van der Waals surface area (Å²) in [5, 5.41) is 21.8. The highest BCUT2D eigenvalue weighted by Crippen LogP contribution is 2.24. The summed E-state index contributed by atoms with van der Waals surface area (Å²) in [6.45, 7) is 6.37. The number of hydrogen-bond acceptors (Lipinski definition) is 6. The smallest absolute Gasteiger partial charge is 0.271 e. The van der Waals surface area contributed by atoms with E-state index in [1.165, 1.54) is 0 Å². The first-order valence-electron chi connectivity index (χ1n) is 10.0. The Hall–Kier alpha value is -3.12. The summed E-state index contributed by atoms with van der Waals surface area (Å²) in [6, 6.07) is 6.95. The molecule has 3 aromatic rings. The number of rotatable bonds is 7. The molecule has 0 spiro atoms. The van der Waals surface area contributed by atoms with Crippen LogP contribution in [0.5, 0.6) is 0 Å². The molecule has 2 aromatic heterocycles. The average molecular weight is 441 g/mol. The van der Waals surface area contributed by atoms with Crippen molar-refractivity contribution in [3.05, 3.63) is 52.4 Å². The number of aromatic nitrogens is 3. The van der Waals surface area contributed by atoms with Gasteiger partial charge in [0.25, 0.3) is 5.91 Å². The number of pyridine rings is 1. The number of aliphatic hydroxyl groups excluding tert-OH is 1. The maximum atomic E-state index is 12.3. The number of H-pyrrole nitrogens is 1. The minimum atomic E-state index is -0.657. The number of hydrogen-bond donors (Lipinski definition) is 4. The normalized spacial score (nSPS) is 11.9. The summed E-state index contributed by atoms with van der Waals surface area (Å²) in [4.78, 5) is 18.6. The molecule has 0 aliphatic carbocycles. The molecule has 1 atom stereocenters. The molecule has 8 nitrogen and oxygen atoms in total. The predicted molar refractivity (Wildman–Crippen MR) is 122 cm³/mol. The number of carbonyl (C=O) groups excluding carboxylic acids is 1. The lowest BCUT2D eigenvalue weighted by Crippen LogP contribution is -2.40. The Morgan fingerprint density at radius 1 is 1.32 bits per heavy atom. The number of amides is 1. The van der Waals surface area contributed by atoms with Crippen LogP contribution < -0.4 is 11.1 Å². The third-order valence-corrected chi connectivity index (χ3v) is 5.11. The molecule has 162 valence electrons. The monoisotopic (exact) mass is 440 g/mol. The lowest BCUT2D eigenvalue weighted by Gasteiger charge is -2.21. The Morgan fingerprint density at radius 3 is 2.84 bits per heavy atom. The number of carbonyl (C=O) groups is 1. The highest BCUT2D eigenvalue weighted by molar-refractivity contribution is 6.31. The van der Waals surface area contributed by atoms with Gasteiger partial charge >= 0.3 is 0 Å². The van der Waals surface area contributed by atoms with Crippen molar-refractivity contribution in [1.82, 2.24) is 25.4 Å². The van der Waals surface area contributed by atoms with Gasteiger partial charge in [0.2, 0.25) is 0 Å². The van der Waals surface area contributed by atoms with Crippen molar-refractivity contribution in [1.29, 1.82) is 0 Å². The van der Waals surface area contributed by atoms with Crippen LogP contribution in [0.2, 0.25) is 5.02 Å². The van der Waals surface area contributed by atoms with E-state index in [4.69, 9.17) is 17.3 Å². The largest absolute Gasteiger partial charge is 0.390 e. The van der Waals surface area contributed by atoms with E-state index in [2.05, 4.69) is 37.2 Å². The van der Waals surface area contributed by atoms with Crippen molar-refractivity contribution >= 4 is 34.1 Å². The molecule has 0 saturated heterocycles. The Kier molecular flexibility index (Phi) is 7.47. The minimum absolute atomic E-state index is 0.141. The van der Waals surface area contributed by atoms with Gasteiger partial charge in [0, 0.05) is 41.1 Å².